The normalized spacial score (nSPS) is 20.8. The summed E-state index contributed by atoms with van der Waals surface area (Å²) in [6.45, 7) is 6.75. The summed E-state index contributed by atoms with van der Waals surface area (Å²) in [6.07, 6.45) is 4.73. The van der Waals surface area contributed by atoms with Crippen molar-refractivity contribution in [1.29, 1.82) is 0 Å². The third-order valence-corrected chi connectivity index (χ3v) is 7.00. The minimum absolute atomic E-state index is 0.0970. The highest BCUT2D eigenvalue weighted by Gasteiger charge is 2.41. The van der Waals surface area contributed by atoms with Crippen molar-refractivity contribution in [3.05, 3.63) is 78.1 Å². The molecule has 1 aliphatic rings. The molecule has 28 heavy (non-hydrogen) atoms. The molecule has 0 N–H and O–H groups in total. The Morgan fingerprint density at radius 3 is 2.43 bits per heavy atom. The Balaban J connectivity index is 1.71. The van der Waals surface area contributed by atoms with Gasteiger partial charge in [0.15, 0.2) is 0 Å². The number of hydrogen-bond acceptors (Lipinski definition) is 3. The Labute approximate surface area is 166 Å². The molecule has 1 saturated heterocycles. The van der Waals surface area contributed by atoms with Gasteiger partial charge in [-0.1, -0.05) is 43.4 Å². The lowest BCUT2D eigenvalue weighted by Crippen LogP contribution is -2.31. The highest BCUT2D eigenvalue weighted by atomic mass is 32.2. The van der Waals surface area contributed by atoms with E-state index in [4.69, 9.17) is 4.74 Å². The van der Waals surface area contributed by atoms with Gasteiger partial charge in [0.1, 0.15) is 11.6 Å². The fourth-order valence-electron chi connectivity index (χ4n) is 3.27. The first kappa shape index (κ1) is 20.3. The largest absolute Gasteiger partial charge is 0.497 e. The minimum atomic E-state index is -3.68. The SMILES string of the molecule is C=C1CN(S(=O)(=O)c2ccc(F)cc2)C[C@]1(C)C/C=C/c1ccc(OC)cc1. The zero-order valence-electron chi connectivity index (χ0n) is 16.1. The molecule has 1 fully saturated rings. The zero-order chi connectivity index (χ0) is 20.4. The first-order valence-corrected chi connectivity index (χ1v) is 10.4. The summed E-state index contributed by atoms with van der Waals surface area (Å²) in [5.74, 6) is 0.341. The fraction of sp³-hybridized carbons (Fsp3) is 0.273. The summed E-state index contributed by atoms with van der Waals surface area (Å²) in [7, 11) is -2.05. The highest BCUT2D eigenvalue weighted by Crippen LogP contribution is 2.40. The van der Waals surface area contributed by atoms with Crippen LogP contribution in [0.25, 0.3) is 6.08 Å². The third kappa shape index (κ3) is 4.18. The van der Waals surface area contributed by atoms with Gasteiger partial charge in [0.25, 0.3) is 0 Å². The number of halogens is 1. The predicted molar refractivity (Wildman–Crippen MR) is 109 cm³/mol. The second kappa shape index (κ2) is 7.89. The van der Waals surface area contributed by atoms with E-state index >= 15 is 0 Å². The van der Waals surface area contributed by atoms with Crippen LogP contribution in [0.4, 0.5) is 4.39 Å². The Hall–Kier alpha value is -2.44. The third-order valence-electron chi connectivity index (χ3n) is 5.19. The van der Waals surface area contributed by atoms with Gasteiger partial charge in [0.2, 0.25) is 10.0 Å². The van der Waals surface area contributed by atoms with Gasteiger partial charge in [-0.05, 0) is 48.4 Å². The first-order chi connectivity index (χ1) is 13.2. The fourth-order valence-corrected chi connectivity index (χ4v) is 4.82. The summed E-state index contributed by atoms with van der Waals surface area (Å²) in [6, 6.07) is 12.6. The van der Waals surface area contributed by atoms with Crippen LogP contribution in [0, 0.1) is 11.2 Å². The van der Waals surface area contributed by atoms with Crippen LogP contribution in [-0.4, -0.2) is 32.9 Å². The second-order valence-electron chi connectivity index (χ2n) is 7.27. The quantitative estimate of drug-likeness (QED) is 0.670. The number of benzene rings is 2. The van der Waals surface area contributed by atoms with Crippen molar-refractivity contribution in [2.75, 3.05) is 20.2 Å². The average Bonchev–Trinajstić information content (AvgIpc) is 2.98. The predicted octanol–water partition coefficient (Wildman–Crippen LogP) is 4.50. The van der Waals surface area contributed by atoms with E-state index in [1.165, 1.54) is 16.4 Å². The van der Waals surface area contributed by atoms with E-state index in [1.54, 1.807) is 7.11 Å². The molecule has 6 heteroatoms. The lowest BCUT2D eigenvalue weighted by atomic mass is 9.82. The molecule has 0 aromatic heterocycles. The maximum Gasteiger partial charge on any atom is 0.243 e. The van der Waals surface area contributed by atoms with E-state index in [2.05, 4.69) is 6.58 Å². The number of allylic oxidation sites excluding steroid dienone is 1. The molecule has 0 saturated carbocycles. The Bertz CT molecular complexity index is 981. The van der Waals surface area contributed by atoms with Crippen LogP contribution in [0.2, 0.25) is 0 Å². The molecule has 1 atom stereocenters. The highest BCUT2D eigenvalue weighted by molar-refractivity contribution is 7.89. The van der Waals surface area contributed by atoms with E-state index < -0.39 is 15.8 Å². The smallest absolute Gasteiger partial charge is 0.243 e. The van der Waals surface area contributed by atoms with Crippen molar-refractivity contribution in [1.82, 2.24) is 4.31 Å². The van der Waals surface area contributed by atoms with Crippen molar-refractivity contribution in [2.24, 2.45) is 5.41 Å². The molecule has 0 amide bonds. The summed E-state index contributed by atoms with van der Waals surface area (Å²) >= 11 is 0. The van der Waals surface area contributed by atoms with Crippen LogP contribution in [0.1, 0.15) is 18.9 Å². The molecule has 2 aromatic carbocycles. The van der Waals surface area contributed by atoms with Crippen molar-refractivity contribution in [3.63, 3.8) is 0 Å². The molecule has 1 aliphatic heterocycles. The summed E-state index contributed by atoms with van der Waals surface area (Å²) in [5.41, 5.74) is 1.57. The number of methoxy groups -OCH3 is 1. The van der Waals surface area contributed by atoms with Crippen LogP contribution >= 0.6 is 0 Å². The molecular formula is C22H24FNO3S. The first-order valence-electron chi connectivity index (χ1n) is 8.99. The molecule has 3 rings (SSSR count). The number of sulfonamides is 1. The standard InChI is InChI=1S/C22H24FNO3S/c1-17-15-24(28(25,26)21-12-8-19(23)9-13-21)16-22(17,2)14-4-5-18-6-10-20(27-3)11-7-18/h4-13H,1,14-16H2,2-3H3/b5-4+/t22-/m0/s1. The van der Waals surface area contributed by atoms with Gasteiger partial charge < -0.3 is 4.74 Å². The van der Waals surface area contributed by atoms with Crippen LogP contribution in [0.3, 0.4) is 0 Å². The van der Waals surface area contributed by atoms with Crippen molar-refractivity contribution < 1.29 is 17.5 Å². The molecule has 0 radical (unpaired) electrons. The molecule has 0 bridgehead atoms. The van der Waals surface area contributed by atoms with E-state index in [0.29, 0.717) is 13.0 Å². The average molecular weight is 402 g/mol. The van der Waals surface area contributed by atoms with Gasteiger partial charge in [0.05, 0.1) is 12.0 Å². The molecule has 0 spiro atoms. The van der Waals surface area contributed by atoms with Crippen LogP contribution < -0.4 is 4.74 Å². The monoisotopic (exact) mass is 401 g/mol. The van der Waals surface area contributed by atoms with Crippen molar-refractivity contribution in [3.8, 4) is 5.75 Å². The minimum Gasteiger partial charge on any atom is -0.497 e. The molecule has 4 nitrogen and oxygen atoms in total. The lowest BCUT2D eigenvalue weighted by Gasteiger charge is -2.24. The molecule has 0 aliphatic carbocycles. The maximum atomic E-state index is 13.1. The second-order valence-corrected chi connectivity index (χ2v) is 9.21. The van der Waals surface area contributed by atoms with Crippen LogP contribution in [-0.2, 0) is 10.0 Å². The van der Waals surface area contributed by atoms with Crippen molar-refractivity contribution in [2.45, 2.75) is 18.2 Å². The van der Waals surface area contributed by atoms with E-state index in [1.807, 2.05) is 43.3 Å². The van der Waals surface area contributed by atoms with E-state index in [9.17, 15) is 12.8 Å². The molecule has 2 aromatic rings. The van der Waals surface area contributed by atoms with Gasteiger partial charge in [-0.3, -0.25) is 0 Å². The van der Waals surface area contributed by atoms with Crippen LogP contribution in [0.5, 0.6) is 5.75 Å². The Morgan fingerprint density at radius 1 is 1.18 bits per heavy atom. The lowest BCUT2D eigenvalue weighted by molar-refractivity contribution is 0.376. The number of hydrogen-bond donors (Lipinski definition) is 0. The van der Waals surface area contributed by atoms with Gasteiger partial charge in [-0.2, -0.15) is 4.31 Å². The molecule has 1 heterocycles. The van der Waals surface area contributed by atoms with Gasteiger partial charge in [-0.25, -0.2) is 12.8 Å². The summed E-state index contributed by atoms with van der Waals surface area (Å²) in [5, 5.41) is 0. The molecular weight excluding hydrogens is 377 g/mol. The maximum absolute atomic E-state index is 13.1. The Kier molecular flexibility index (Phi) is 5.72. The van der Waals surface area contributed by atoms with Gasteiger partial charge >= 0.3 is 0 Å². The number of ether oxygens (including phenoxy) is 1. The molecule has 148 valence electrons. The van der Waals surface area contributed by atoms with E-state index in [0.717, 1.165) is 29.0 Å². The number of rotatable bonds is 6. The summed E-state index contributed by atoms with van der Waals surface area (Å²) < 4.78 is 45.4. The van der Waals surface area contributed by atoms with E-state index in [-0.39, 0.29) is 16.9 Å². The zero-order valence-corrected chi connectivity index (χ0v) is 16.9. The summed E-state index contributed by atoms with van der Waals surface area (Å²) in [4.78, 5) is 0.0970. The Morgan fingerprint density at radius 2 is 1.82 bits per heavy atom. The van der Waals surface area contributed by atoms with Gasteiger partial charge in [-0.15, -0.1) is 0 Å². The van der Waals surface area contributed by atoms with Gasteiger partial charge in [0, 0.05) is 18.5 Å². The topological polar surface area (TPSA) is 46.6 Å². The van der Waals surface area contributed by atoms with Crippen LogP contribution in [0.15, 0.2) is 71.7 Å². The molecule has 0 unspecified atom stereocenters. The number of nitrogens with zero attached hydrogens (tertiary/aromatic N) is 1. The van der Waals surface area contributed by atoms with Crippen molar-refractivity contribution >= 4 is 16.1 Å².